The number of hydrogen-bond acceptors (Lipinski definition) is 10. The van der Waals surface area contributed by atoms with Crippen molar-refractivity contribution in [2.24, 2.45) is 0 Å². The molecule has 2 aliphatic heterocycles. The van der Waals surface area contributed by atoms with Crippen molar-refractivity contribution in [3.63, 3.8) is 0 Å². The van der Waals surface area contributed by atoms with Crippen molar-refractivity contribution < 1.29 is 23.9 Å². The van der Waals surface area contributed by atoms with Crippen LogP contribution in [0.5, 0.6) is 0 Å². The van der Waals surface area contributed by atoms with Crippen molar-refractivity contribution in [3.05, 3.63) is 89.5 Å². The second-order valence-corrected chi connectivity index (χ2v) is 12.4. The number of thiazole rings is 1. The lowest BCUT2D eigenvalue weighted by Crippen LogP contribution is -2.66. The Labute approximate surface area is 280 Å². The van der Waals surface area contributed by atoms with Gasteiger partial charge in [-0.05, 0) is 34.9 Å². The van der Waals surface area contributed by atoms with E-state index in [1.54, 1.807) is 34.2 Å². The highest BCUT2D eigenvalue weighted by atomic mass is 32.1. The van der Waals surface area contributed by atoms with E-state index in [0.717, 1.165) is 21.4 Å². The smallest absolute Gasteiger partial charge is 0.411 e. The van der Waals surface area contributed by atoms with E-state index in [9.17, 15) is 24.4 Å². The summed E-state index contributed by atoms with van der Waals surface area (Å²) in [6, 6.07) is 22.5. The van der Waals surface area contributed by atoms with Crippen molar-refractivity contribution in [1.82, 2.24) is 30.1 Å². The Morgan fingerprint density at radius 1 is 1.08 bits per heavy atom. The van der Waals surface area contributed by atoms with Gasteiger partial charge in [-0.15, -0.1) is 0 Å². The van der Waals surface area contributed by atoms with E-state index in [-0.39, 0.29) is 51.0 Å². The molecule has 4 N–H and O–H groups in total. The zero-order valence-corrected chi connectivity index (χ0v) is 26.9. The molecule has 5 amide bonds. The standard InChI is InChI=1S/C33H33N9O5S/c1-36-32(45)40(15-14-34)41-19-28(43)42-25(16-21-10-12-24(13-11-21)37-33(46)47-20-22-6-3-2-4-7-22)30(44)39(18-27(41)42)17-23-8-5-9-26-29(23)38-31(35)48-26/h2-13,25,27H,15-20H2,1H3,(H2,35,38)(H,36,45)(H,37,46)/t25-,27+/m0/s1. The molecule has 2 fully saturated rings. The number of amides is 5. The van der Waals surface area contributed by atoms with Gasteiger partial charge >= 0.3 is 12.1 Å². The number of nitrogens with two attached hydrogens (primary N) is 1. The Balaban J connectivity index is 1.24. The van der Waals surface area contributed by atoms with E-state index in [1.165, 1.54) is 28.3 Å². The molecule has 0 saturated carbocycles. The number of carbonyl (C=O) groups is 4. The molecule has 3 heterocycles. The number of fused-ring (bicyclic) bond motifs is 2. The lowest BCUT2D eigenvalue weighted by molar-refractivity contribution is -0.157. The second-order valence-electron chi connectivity index (χ2n) is 11.3. The van der Waals surface area contributed by atoms with Crippen LogP contribution in [0.1, 0.15) is 16.7 Å². The maximum Gasteiger partial charge on any atom is 0.411 e. The summed E-state index contributed by atoms with van der Waals surface area (Å²) in [5.41, 5.74) is 9.60. The van der Waals surface area contributed by atoms with Crippen molar-refractivity contribution in [2.75, 3.05) is 37.7 Å². The van der Waals surface area contributed by atoms with Crippen LogP contribution in [-0.2, 0) is 33.9 Å². The van der Waals surface area contributed by atoms with Gasteiger partial charge in [0.05, 0.1) is 29.4 Å². The Hall–Kier alpha value is -5.72. The topological polar surface area (TPSA) is 177 Å². The molecule has 15 heteroatoms. The number of hydrogen-bond donors (Lipinski definition) is 3. The largest absolute Gasteiger partial charge is 0.444 e. The fourth-order valence-corrected chi connectivity index (χ4v) is 6.83. The van der Waals surface area contributed by atoms with E-state index >= 15 is 0 Å². The third-order valence-corrected chi connectivity index (χ3v) is 9.12. The molecule has 0 unspecified atom stereocenters. The van der Waals surface area contributed by atoms with Crippen LogP contribution < -0.4 is 16.4 Å². The number of aromatic nitrogens is 1. The van der Waals surface area contributed by atoms with Gasteiger partial charge in [-0.25, -0.2) is 19.6 Å². The van der Waals surface area contributed by atoms with Crippen LogP contribution in [0.2, 0.25) is 0 Å². The molecule has 14 nitrogen and oxygen atoms in total. The Morgan fingerprint density at radius 2 is 1.85 bits per heavy atom. The lowest BCUT2D eigenvalue weighted by Gasteiger charge is -2.46. The number of nitrogens with one attached hydrogen (secondary N) is 2. The molecule has 246 valence electrons. The Kier molecular flexibility index (Phi) is 9.37. The van der Waals surface area contributed by atoms with Crippen molar-refractivity contribution in [3.8, 4) is 6.07 Å². The van der Waals surface area contributed by atoms with Crippen LogP contribution >= 0.6 is 11.3 Å². The molecule has 6 rings (SSSR count). The number of carbonyl (C=O) groups excluding carboxylic acids is 4. The number of urea groups is 1. The quantitative estimate of drug-likeness (QED) is 0.226. The number of ether oxygens (including phenoxy) is 1. The maximum absolute atomic E-state index is 14.2. The van der Waals surface area contributed by atoms with Gasteiger partial charge in [-0.2, -0.15) is 10.3 Å². The molecule has 4 aromatic rings. The minimum atomic E-state index is -0.899. The molecule has 2 saturated heterocycles. The van der Waals surface area contributed by atoms with E-state index in [0.29, 0.717) is 16.3 Å². The van der Waals surface area contributed by atoms with Gasteiger partial charge in [-0.3, -0.25) is 14.9 Å². The SMILES string of the molecule is CNC(=O)N(CC#N)N1CC(=O)N2[C@@H](Cc3ccc(NC(=O)OCc4ccccc4)cc3)C(=O)N(Cc3cccc4sc(N)nc34)C[C@@H]21. The highest BCUT2D eigenvalue weighted by Crippen LogP contribution is 2.32. The normalized spacial score (nSPS) is 17.6. The molecule has 48 heavy (non-hydrogen) atoms. The van der Waals surface area contributed by atoms with E-state index < -0.39 is 24.3 Å². The molecular weight excluding hydrogens is 634 g/mol. The van der Waals surface area contributed by atoms with Gasteiger partial charge < -0.3 is 25.6 Å². The molecule has 0 spiro atoms. The average molecular weight is 668 g/mol. The number of nitrogens with zero attached hydrogens (tertiary/aromatic N) is 6. The number of rotatable bonds is 9. The molecule has 0 radical (unpaired) electrons. The number of nitriles is 1. The third kappa shape index (κ3) is 6.70. The number of hydrazine groups is 1. The fourth-order valence-electron chi connectivity index (χ4n) is 6.05. The third-order valence-electron chi connectivity index (χ3n) is 8.27. The van der Waals surface area contributed by atoms with Gasteiger partial charge in [0.15, 0.2) is 5.13 Å². The lowest BCUT2D eigenvalue weighted by atomic mass is 9.99. The fraction of sp³-hybridized carbons (Fsp3) is 0.273. The zero-order valence-electron chi connectivity index (χ0n) is 26.0. The predicted molar refractivity (Wildman–Crippen MR) is 178 cm³/mol. The highest BCUT2D eigenvalue weighted by Gasteiger charge is 2.52. The number of nitrogen functional groups attached to an aromatic ring is 1. The van der Waals surface area contributed by atoms with E-state index in [1.807, 2.05) is 54.6 Å². The van der Waals surface area contributed by atoms with Gasteiger partial charge in [0.25, 0.3) is 0 Å². The predicted octanol–water partition coefficient (Wildman–Crippen LogP) is 3.13. The summed E-state index contributed by atoms with van der Waals surface area (Å²) >= 11 is 1.36. The van der Waals surface area contributed by atoms with Gasteiger partial charge in [0.2, 0.25) is 11.8 Å². The van der Waals surface area contributed by atoms with Gasteiger partial charge in [0, 0.05) is 25.7 Å². The molecule has 3 aromatic carbocycles. The van der Waals surface area contributed by atoms with Crippen molar-refractivity contribution in [2.45, 2.75) is 31.8 Å². The van der Waals surface area contributed by atoms with Gasteiger partial charge in [0.1, 0.15) is 25.4 Å². The van der Waals surface area contributed by atoms with E-state index in [2.05, 4.69) is 15.6 Å². The number of para-hydroxylation sites is 1. The first kappa shape index (κ1) is 32.2. The summed E-state index contributed by atoms with van der Waals surface area (Å²) in [7, 11) is 1.45. The summed E-state index contributed by atoms with van der Waals surface area (Å²) in [5.74, 6) is -0.598. The second kappa shape index (κ2) is 14.0. The number of benzene rings is 3. The first-order valence-corrected chi connectivity index (χ1v) is 16.0. The maximum atomic E-state index is 14.2. The molecule has 2 atom stereocenters. The van der Waals surface area contributed by atoms with E-state index in [4.69, 9.17) is 10.5 Å². The first-order chi connectivity index (χ1) is 23.2. The molecule has 0 bridgehead atoms. The van der Waals surface area contributed by atoms with Crippen molar-refractivity contribution in [1.29, 1.82) is 5.26 Å². The summed E-state index contributed by atoms with van der Waals surface area (Å²) in [4.78, 5) is 60.6. The molecule has 2 aliphatic rings. The summed E-state index contributed by atoms with van der Waals surface area (Å²) < 4.78 is 6.20. The van der Waals surface area contributed by atoms with Crippen LogP contribution in [0.25, 0.3) is 10.2 Å². The molecular formula is C33H33N9O5S. The molecule has 1 aromatic heterocycles. The van der Waals surface area contributed by atoms with Gasteiger partial charge in [-0.1, -0.05) is 65.9 Å². The summed E-state index contributed by atoms with van der Waals surface area (Å²) in [5, 5.41) is 17.9. The van der Waals surface area contributed by atoms with Crippen LogP contribution in [0.4, 0.5) is 20.4 Å². The Bertz CT molecular complexity index is 1880. The monoisotopic (exact) mass is 667 g/mol. The van der Waals surface area contributed by atoms with Crippen molar-refractivity contribution >= 4 is 56.3 Å². The highest BCUT2D eigenvalue weighted by molar-refractivity contribution is 7.22. The first-order valence-electron chi connectivity index (χ1n) is 15.2. The summed E-state index contributed by atoms with van der Waals surface area (Å²) in [6.45, 7) is -0.0272. The molecule has 0 aliphatic carbocycles. The van der Waals surface area contributed by atoms with Crippen LogP contribution in [0, 0.1) is 11.3 Å². The average Bonchev–Trinajstić information content (AvgIpc) is 3.64. The Morgan fingerprint density at radius 3 is 2.58 bits per heavy atom. The van der Waals surface area contributed by atoms with Crippen LogP contribution in [-0.4, -0.2) is 87.6 Å². The number of anilines is 2. The minimum Gasteiger partial charge on any atom is -0.444 e. The van der Waals surface area contributed by atoms with Crippen LogP contribution in [0.15, 0.2) is 72.8 Å². The minimum absolute atomic E-state index is 0.101. The summed E-state index contributed by atoms with van der Waals surface area (Å²) in [6.07, 6.45) is -1.13. The van der Waals surface area contributed by atoms with Crippen LogP contribution in [0.3, 0.4) is 0 Å². The zero-order chi connectivity index (χ0) is 33.8. The number of piperazine rings is 1.